The predicted molar refractivity (Wildman–Crippen MR) is 136 cm³/mol. The van der Waals surface area contributed by atoms with Crippen molar-refractivity contribution in [2.45, 2.75) is 33.1 Å². The first-order valence-corrected chi connectivity index (χ1v) is 13.8. The Labute approximate surface area is 206 Å². The summed E-state index contributed by atoms with van der Waals surface area (Å²) in [5.74, 6) is 0.892. The zero-order valence-electron chi connectivity index (χ0n) is 20.2. The Bertz CT molecular complexity index is 1270. The SMILES string of the molecule is Cc1cnc(N2CCN(C(=O)c3ccc(N4CCCS4(=O)=O)cc3N3CCCC3=O)CC2)c(C)c1. The Kier molecular flexibility index (Phi) is 6.16. The van der Waals surface area contributed by atoms with Crippen molar-refractivity contribution < 1.29 is 18.0 Å². The molecule has 0 spiro atoms. The van der Waals surface area contributed by atoms with E-state index in [4.69, 9.17) is 0 Å². The Morgan fingerprint density at radius 2 is 1.74 bits per heavy atom. The highest BCUT2D eigenvalue weighted by Gasteiger charge is 2.33. The van der Waals surface area contributed by atoms with Crippen molar-refractivity contribution in [1.29, 1.82) is 0 Å². The number of hydrogen-bond donors (Lipinski definition) is 0. The summed E-state index contributed by atoms with van der Waals surface area (Å²) in [6.07, 6.45) is 3.59. The van der Waals surface area contributed by atoms with Gasteiger partial charge in [-0.15, -0.1) is 0 Å². The zero-order valence-corrected chi connectivity index (χ0v) is 21.1. The second-order valence-electron chi connectivity index (χ2n) is 9.52. The molecule has 0 bridgehead atoms. The van der Waals surface area contributed by atoms with Gasteiger partial charge in [0.2, 0.25) is 15.9 Å². The zero-order chi connectivity index (χ0) is 24.7. The minimum Gasteiger partial charge on any atom is -0.353 e. The molecule has 1 aromatic heterocycles. The second kappa shape index (κ2) is 9.14. The van der Waals surface area contributed by atoms with E-state index in [1.165, 1.54) is 4.31 Å². The molecule has 3 aliphatic rings. The maximum Gasteiger partial charge on any atom is 0.256 e. The number of aryl methyl sites for hydroxylation is 2. The average Bonchev–Trinajstić information content (AvgIpc) is 3.42. The maximum atomic E-state index is 13.6. The van der Waals surface area contributed by atoms with Crippen molar-refractivity contribution in [1.82, 2.24) is 9.88 Å². The molecule has 0 unspecified atom stereocenters. The standard InChI is InChI=1S/C25H31N5O4S/c1-18-15-19(2)24(26-17-18)27-10-12-28(13-11-27)25(32)21-7-6-20(30-9-4-14-35(30,33)34)16-22(21)29-8-3-5-23(29)31/h6-7,15-17H,3-5,8-14H2,1-2H3. The lowest BCUT2D eigenvalue weighted by molar-refractivity contribution is -0.117. The van der Waals surface area contributed by atoms with Gasteiger partial charge in [-0.25, -0.2) is 13.4 Å². The van der Waals surface area contributed by atoms with Crippen LogP contribution in [-0.2, 0) is 14.8 Å². The summed E-state index contributed by atoms with van der Waals surface area (Å²) in [7, 11) is -3.36. The van der Waals surface area contributed by atoms with E-state index in [1.54, 1.807) is 23.1 Å². The van der Waals surface area contributed by atoms with Crippen molar-refractivity contribution in [3.8, 4) is 0 Å². The lowest BCUT2D eigenvalue weighted by Gasteiger charge is -2.36. The molecule has 2 aromatic rings. The maximum absolute atomic E-state index is 13.6. The van der Waals surface area contributed by atoms with E-state index in [-0.39, 0.29) is 17.6 Å². The second-order valence-corrected chi connectivity index (χ2v) is 11.5. The summed E-state index contributed by atoms with van der Waals surface area (Å²) in [5, 5.41) is 0. The third kappa shape index (κ3) is 4.47. The topological polar surface area (TPSA) is 94.1 Å². The molecule has 186 valence electrons. The molecular weight excluding hydrogens is 466 g/mol. The van der Waals surface area contributed by atoms with Crippen LogP contribution >= 0.6 is 0 Å². The van der Waals surface area contributed by atoms with Crippen LogP contribution in [0.15, 0.2) is 30.5 Å². The molecule has 3 saturated heterocycles. The van der Waals surface area contributed by atoms with Gasteiger partial charge in [0.25, 0.3) is 5.91 Å². The van der Waals surface area contributed by atoms with Gasteiger partial charge in [0.05, 0.1) is 22.7 Å². The summed E-state index contributed by atoms with van der Waals surface area (Å²) < 4.78 is 26.3. The molecule has 1 aromatic carbocycles. The lowest BCUT2D eigenvalue weighted by Crippen LogP contribution is -2.49. The first-order chi connectivity index (χ1) is 16.7. The monoisotopic (exact) mass is 497 g/mol. The van der Waals surface area contributed by atoms with Crippen LogP contribution in [0.25, 0.3) is 0 Å². The number of aromatic nitrogens is 1. The van der Waals surface area contributed by atoms with Gasteiger partial charge in [-0.05, 0) is 56.0 Å². The van der Waals surface area contributed by atoms with Crippen molar-refractivity contribution in [2.75, 3.05) is 59.1 Å². The van der Waals surface area contributed by atoms with Crippen molar-refractivity contribution in [3.63, 3.8) is 0 Å². The van der Waals surface area contributed by atoms with Crippen molar-refractivity contribution in [3.05, 3.63) is 47.2 Å². The minimum atomic E-state index is -3.36. The molecule has 9 nitrogen and oxygen atoms in total. The number of hydrogen-bond acceptors (Lipinski definition) is 6. The van der Waals surface area contributed by atoms with Gasteiger partial charge in [0.1, 0.15) is 5.82 Å². The van der Waals surface area contributed by atoms with Gasteiger partial charge in [0, 0.05) is 51.9 Å². The minimum absolute atomic E-state index is 0.0359. The molecular formula is C25H31N5O4S. The summed E-state index contributed by atoms with van der Waals surface area (Å²) in [6, 6.07) is 7.19. The number of amides is 2. The van der Waals surface area contributed by atoms with E-state index < -0.39 is 10.0 Å². The Balaban J connectivity index is 1.40. The first kappa shape index (κ1) is 23.6. The van der Waals surface area contributed by atoms with Crippen LogP contribution < -0.4 is 14.1 Å². The number of carbonyl (C=O) groups is 2. The number of anilines is 3. The van der Waals surface area contributed by atoms with Crippen molar-refractivity contribution in [2.24, 2.45) is 0 Å². The third-order valence-electron chi connectivity index (χ3n) is 7.02. The van der Waals surface area contributed by atoms with Crippen LogP contribution in [0.5, 0.6) is 0 Å². The van der Waals surface area contributed by atoms with Gasteiger partial charge in [-0.1, -0.05) is 6.07 Å². The number of benzene rings is 1. The Morgan fingerprint density at radius 3 is 2.37 bits per heavy atom. The Hall–Kier alpha value is -3.14. The van der Waals surface area contributed by atoms with Gasteiger partial charge < -0.3 is 14.7 Å². The molecule has 4 heterocycles. The normalized spacial score (nSPS) is 20.1. The smallest absolute Gasteiger partial charge is 0.256 e. The number of sulfonamides is 1. The fraction of sp³-hybridized carbons (Fsp3) is 0.480. The molecule has 0 atom stereocenters. The Morgan fingerprint density at radius 1 is 0.971 bits per heavy atom. The molecule has 0 aliphatic carbocycles. The number of nitrogens with zero attached hydrogens (tertiary/aromatic N) is 5. The number of piperazine rings is 1. The first-order valence-electron chi connectivity index (χ1n) is 12.2. The van der Waals surface area contributed by atoms with E-state index in [0.29, 0.717) is 69.0 Å². The summed E-state index contributed by atoms with van der Waals surface area (Å²) >= 11 is 0. The average molecular weight is 498 g/mol. The lowest BCUT2D eigenvalue weighted by atomic mass is 10.1. The van der Waals surface area contributed by atoms with Gasteiger partial charge >= 0.3 is 0 Å². The summed E-state index contributed by atoms with van der Waals surface area (Å²) in [4.78, 5) is 36.5. The quantitative estimate of drug-likeness (QED) is 0.644. The predicted octanol–water partition coefficient (Wildman–Crippen LogP) is 2.33. The molecule has 10 heteroatoms. The molecule has 0 radical (unpaired) electrons. The van der Waals surface area contributed by atoms with Gasteiger partial charge in [-0.3, -0.25) is 13.9 Å². The highest BCUT2D eigenvalue weighted by molar-refractivity contribution is 7.93. The third-order valence-corrected chi connectivity index (χ3v) is 8.89. The molecule has 0 saturated carbocycles. The van der Waals surface area contributed by atoms with E-state index in [2.05, 4.69) is 16.0 Å². The number of rotatable bonds is 4. The molecule has 0 N–H and O–H groups in total. The van der Waals surface area contributed by atoms with E-state index in [9.17, 15) is 18.0 Å². The summed E-state index contributed by atoms with van der Waals surface area (Å²) in [5.41, 5.74) is 3.70. The fourth-order valence-electron chi connectivity index (χ4n) is 5.24. The number of pyridine rings is 1. The van der Waals surface area contributed by atoms with Gasteiger partial charge in [0.15, 0.2) is 0 Å². The molecule has 3 aliphatic heterocycles. The van der Waals surface area contributed by atoms with E-state index in [0.717, 1.165) is 23.4 Å². The molecule has 5 rings (SSSR count). The highest BCUT2D eigenvalue weighted by Crippen LogP contribution is 2.34. The molecule has 2 amide bonds. The van der Waals surface area contributed by atoms with E-state index >= 15 is 0 Å². The molecule has 3 fully saturated rings. The van der Waals surface area contributed by atoms with Crippen LogP contribution in [0.2, 0.25) is 0 Å². The van der Waals surface area contributed by atoms with Crippen LogP contribution in [0.3, 0.4) is 0 Å². The van der Waals surface area contributed by atoms with Crippen LogP contribution in [0.4, 0.5) is 17.2 Å². The number of carbonyl (C=O) groups excluding carboxylic acids is 2. The van der Waals surface area contributed by atoms with E-state index in [1.807, 2.05) is 24.9 Å². The van der Waals surface area contributed by atoms with Crippen LogP contribution in [0.1, 0.15) is 40.7 Å². The van der Waals surface area contributed by atoms with Gasteiger partial charge in [-0.2, -0.15) is 0 Å². The molecule has 35 heavy (non-hydrogen) atoms. The highest BCUT2D eigenvalue weighted by atomic mass is 32.2. The largest absolute Gasteiger partial charge is 0.353 e. The van der Waals surface area contributed by atoms with Crippen molar-refractivity contribution >= 4 is 39.0 Å². The van der Waals surface area contributed by atoms with Crippen LogP contribution in [0, 0.1) is 13.8 Å². The summed E-state index contributed by atoms with van der Waals surface area (Å²) in [6.45, 7) is 7.45. The fourth-order valence-corrected chi connectivity index (χ4v) is 6.80. The van der Waals surface area contributed by atoms with Crippen LogP contribution in [-0.4, -0.2) is 75.1 Å².